The van der Waals surface area contributed by atoms with E-state index in [-0.39, 0.29) is 11.9 Å². The molecule has 0 heterocycles. The highest BCUT2D eigenvalue weighted by Crippen LogP contribution is 2.43. The van der Waals surface area contributed by atoms with Gasteiger partial charge in [-0.1, -0.05) is 51.7 Å². The van der Waals surface area contributed by atoms with E-state index in [2.05, 4.69) is 13.8 Å². The number of benzene rings is 1. The van der Waals surface area contributed by atoms with E-state index >= 15 is 0 Å². The first-order valence-corrected chi connectivity index (χ1v) is 9.27. The van der Waals surface area contributed by atoms with Crippen LogP contribution in [0.25, 0.3) is 0 Å². The Balaban J connectivity index is 3.42. The van der Waals surface area contributed by atoms with Crippen molar-refractivity contribution in [3.8, 4) is 5.75 Å². The lowest BCUT2D eigenvalue weighted by Gasteiger charge is -2.38. The predicted molar refractivity (Wildman–Crippen MR) is 99.9 cm³/mol. The molecule has 1 aromatic rings. The van der Waals surface area contributed by atoms with Crippen LogP contribution in [-0.4, -0.2) is 26.5 Å². The summed E-state index contributed by atoms with van der Waals surface area (Å²) in [7, 11) is 3.04. The average Bonchev–Trinajstić information content (AvgIpc) is 2.66. The number of ether oxygens (including phenoxy) is 2. The Kier molecular flexibility index (Phi) is 9.25. The number of hydrogen-bond acceptors (Lipinski definition) is 4. The van der Waals surface area contributed by atoms with Gasteiger partial charge in [0.15, 0.2) is 0 Å². The molecule has 2 atom stereocenters. The minimum atomic E-state index is -0.813. The molecule has 0 aliphatic heterocycles. The Hall–Kier alpha value is -1.84. The van der Waals surface area contributed by atoms with E-state index in [1.54, 1.807) is 7.11 Å². The van der Waals surface area contributed by atoms with Crippen molar-refractivity contribution < 1.29 is 19.1 Å². The van der Waals surface area contributed by atoms with Gasteiger partial charge in [0.05, 0.1) is 19.6 Å². The lowest BCUT2D eigenvalue weighted by atomic mass is 9.64. The molecule has 0 spiro atoms. The van der Waals surface area contributed by atoms with E-state index in [0.717, 1.165) is 44.0 Å². The first kappa shape index (κ1) is 21.2. The number of methoxy groups -OCH3 is 2. The smallest absolute Gasteiger partial charge is 0.316 e. The maximum atomic E-state index is 13.0. The van der Waals surface area contributed by atoms with Crippen molar-refractivity contribution in [2.24, 2.45) is 5.92 Å². The summed E-state index contributed by atoms with van der Waals surface area (Å²) in [6.07, 6.45) is 6.81. The molecule has 0 bridgehead atoms. The first-order chi connectivity index (χ1) is 12.1. The summed E-state index contributed by atoms with van der Waals surface area (Å²) >= 11 is 0. The van der Waals surface area contributed by atoms with Crippen molar-refractivity contribution in [1.29, 1.82) is 0 Å². The van der Waals surface area contributed by atoms with Crippen molar-refractivity contribution in [3.05, 3.63) is 29.8 Å². The summed E-state index contributed by atoms with van der Waals surface area (Å²) in [5.74, 6) is 0.574. The third kappa shape index (κ3) is 5.07. The Morgan fingerprint density at radius 3 is 2.56 bits per heavy atom. The Morgan fingerprint density at radius 2 is 2.00 bits per heavy atom. The van der Waals surface area contributed by atoms with Gasteiger partial charge < -0.3 is 14.3 Å². The molecule has 0 saturated carbocycles. The topological polar surface area (TPSA) is 52.6 Å². The van der Waals surface area contributed by atoms with Crippen LogP contribution in [0.2, 0.25) is 0 Å². The molecule has 1 aromatic carbocycles. The monoisotopic (exact) mass is 348 g/mol. The fourth-order valence-electron chi connectivity index (χ4n) is 3.78. The van der Waals surface area contributed by atoms with E-state index in [1.807, 2.05) is 24.3 Å². The van der Waals surface area contributed by atoms with E-state index in [0.29, 0.717) is 18.6 Å². The molecule has 2 unspecified atom stereocenters. The van der Waals surface area contributed by atoms with E-state index < -0.39 is 5.41 Å². The third-order valence-corrected chi connectivity index (χ3v) is 5.14. The summed E-state index contributed by atoms with van der Waals surface area (Å²) in [6, 6.07) is 7.62. The number of hydrogen-bond donors (Lipinski definition) is 0. The van der Waals surface area contributed by atoms with E-state index in [1.165, 1.54) is 7.11 Å². The Morgan fingerprint density at radius 1 is 1.24 bits per heavy atom. The van der Waals surface area contributed by atoms with Gasteiger partial charge in [-0.2, -0.15) is 0 Å². The molecule has 0 aromatic heterocycles. The SMILES string of the molecule is CCCCCC(CC)C(CCC=O)(C(=O)OC)c1cccc(OC)c1. The van der Waals surface area contributed by atoms with E-state index in [4.69, 9.17) is 9.47 Å². The van der Waals surface area contributed by atoms with Crippen LogP contribution >= 0.6 is 0 Å². The molecule has 4 nitrogen and oxygen atoms in total. The number of aldehydes is 1. The minimum absolute atomic E-state index is 0.124. The second-order valence-electron chi connectivity index (χ2n) is 6.50. The molecule has 0 saturated heterocycles. The van der Waals surface area contributed by atoms with Crippen molar-refractivity contribution in [3.63, 3.8) is 0 Å². The van der Waals surface area contributed by atoms with Crippen LogP contribution in [0.1, 0.15) is 64.4 Å². The number of carbonyl (C=O) groups excluding carboxylic acids is 2. The van der Waals surface area contributed by atoms with Crippen LogP contribution < -0.4 is 4.74 Å². The van der Waals surface area contributed by atoms with Crippen LogP contribution in [0.4, 0.5) is 0 Å². The quantitative estimate of drug-likeness (QED) is 0.312. The summed E-state index contributed by atoms with van der Waals surface area (Å²) in [4.78, 5) is 24.1. The summed E-state index contributed by atoms with van der Waals surface area (Å²) in [5.41, 5.74) is 0.0658. The minimum Gasteiger partial charge on any atom is -0.497 e. The number of esters is 1. The molecule has 0 radical (unpaired) electrons. The first-order valence-electron chi connectivity index (χ1n) is 9.27. The fraction of sp³-hybridized carbons (Fsp3) is 0.619. The van der Waals surface area contributed by atoms with Crippen LogP contribution in [0.3, 0.4) is 0 Å². The zero-order valence-electron chi connectivity index (χ0n) is 16.0. The van der Waals surface area contributed by atoms with Gasteiger partial charge in [0.1, 0.15) is 12.0 Å². The van der Waals surface area contributed by atoms with Gasteiger partial charge in [-0.25, -0.2) is 0 Å². The fourth-order valence-corrected chi connectivity index (χ4v) is 3.78. The van der Waals surface area contributed by atoms with Gasteiger partial charge in [-0.3, -0.25) is 4.79 Å². The summed E-state index contributed by atoms with van der Waals surface area (Å²) in [5, 5.41) is 0. The van der Waals surface area contributed by atoms with Crippen molar-refractivity contribution in [1.82, 2.24) is 0 Å². The molecular weight excluding hydrogens is 316 g/mol. The maximum Gasteiger partial charge on any atom is 0.316 e. The zero-order valence-corrected chi connectivity index (χ0v) is 16.0. The predicted octanol–water partition coefficient (Wildman–Crippen LogP) is 4.69. The molecule has 25 heavy (non-hydrogen) atoms. The molecule has 0 amide bonds. The Labute approximate surface area is 151 Å². The number of carbonyl (C=O) groups is 2. The summed E-state index contributed by atoms with van der Waals surface area (Å²) < 4.78 is 10.6. The van der Waals surface area contributed by atoms with Gasteiger partial charge in [0, 0.05) is 6.42 Å². The second-order valence-corrected chi connectivity index (χ2v) is 6.50. The highest BCUT2D eigenvalue weighted by Gasteiger charge is 2.46. The van der Waals surface area contributed by atoms with Crippen molar-refractivity contribution in [2.75, 3.05) is 14.2 Å². The molecular formula is C21H32O4. The zero-order chi connectivity index (χ0) is 18.7. The van der Waals surface area contributed by atoms with Crippen LogP contribution in [0, 0.1) is 5.92 Å². The highest BCUT2D eigenvalue weighted by molar-refractivity contribution is 5.84. The lowest BCUT2D eigenvalue weighted by Crippen LogP contribution is -2.44. The molecule has 0 aliphatic carbocycles. The number of unbranched alkanes of at least 4 members (excludes halogenated alkanes) is 2. The molecule has 1 rings (SSSR count). The third-order valence-electron chi connectivity index (χ3n) is 5.14. The number of rotatable bonds is 12. The lowest BCUT2D eigenvalue weighted by molar-refractivity contribution is -0.151. The van der Waals surface area contributed by atoms with Gasteiger partial charge in [0.2, 0.25) is 0 Å². The van der Waals surface area contributed by atoms with Crippen LogP contribution in [-0.2, 0) is 19.7 Å². The Bertz CT molecular complexity index is 540. The second kappa shape index (κ2) is 10.9. The maximum absolute atomic E-state index is 13.0. The highest BCUT2D eigenvalue weighted by atomic mass is 16.5. The van der Waals surface area contributed by atoms with Crippen molar-refractivity contribution >= 4 is 12.3 Å². The normalized spacial score (nSPS) is 14.4. The molecule has 0 fully saturated rings. The summed E-state index contributed by atoms with van der Waals surface area (Å²) in [6.45, 7) is 4.28. The van der Waals surface area contributed by atoms with Gasteiger partial charge >= 0.3 is 5.97 Å². The van der Waals surface area contributed by atoms with Crippen molar-refractivity contribution in [2.45, 2.75) is 64.2 Å². The average molecular weight is 348 g/mol. The molecule has 4 heteroatoms. The van der Waals surface area contributed by atoms with Gasteiger partial charge in [-0.15, -0.1) is 0 Å². The molecule has 0 N–H and O–H groups in total. The van der Waals surface area contributed by atoms with Crippen LogP contribution in [0.5, 0.6) is 5.75 Å². The standard InChI is InChI=1S/C21H32O4/c1-5-7-8-11-17(6-2)21(14-10-15-22,20(23)25-4)18-12-9-13-19(16-18)24-3/h9,12-13,15-17H,5-8,10-11,14H2,1-4H3. The van der Waals surface area contributed by atoms with Crippen LogP contribution in [0.15, 0.2) is 24.3 Å². The van der Waals surface area contributed by atoms with Gasteiger partial charge in [-0.05, 0) is 36.5 Å². The molecule has 0 aliphatic rings. The largest absolute Gasteiger partial charge is 0.497 e. The van der Waals surface area contributed by atoms with Gasteiger partial charge in [0.25, 0.3) is 0 Å². The van der Waals surface area contributed by atoms with E-state index in [9.17, 15) is 9.59 Å². The molecule has 140 valence electrons.